The lowest BCUT2D eigenvalue weighted by molar-refractivity contribution is 0.112. The van der Waals surface area contributed by atoms with Crippen LogP contribution in [0.5, 0.6) is 5.88 Å². The second-order valence-corrected chi connectivity index (χ2v) is 2.80. The molecule has 0 spiro atoms. The first kappa shape index (κ1) is 8.74. The zero-order valence-electron chi connectivity index (χ0n) is 7.80. The molecule has 0 unspecified atom stereocenters. The Morgan fingerprint density at radius 2 is 2.43 bits per heavy atom. The standard InChI is InChI=1S/C10H10N2O2/c1-2-14-10-8(7-13)9-5-3-4-6-12(9)11-10/h3-7H,2H2,1H3. The number of pyridine rings is 1. The van der Waals surface area contributed by atoms with Crippen LogP contribution in [-0.2, 0) is 0 Å². The van der Waals surface area contributed by atoms with Crippen LogP contribution in [0.15, 0.2) is 24.4 Å². The highest BCUT2D eigenvalue weighted by molar-refractivity contribution is 5.89. The fourth-order valence-corrected chi connectivity index (χ4v) is 1.35. The molecular weight excluding hydrogens is 180 g/mol. The largest absolute Gasteiger partial charge is 0.476 e. The fraction of sp³-hybridized carbons (Fsp3) is 0.200. The van der Waals surface area contributed by atoms with Gasteiger partial charge in [0, 0.05) is 6.20 Å². The van der Waals surface area contributed by atoms with Gasteiger partial charge in [-0.3, -0.25) is 4.79 Å². The summed E-state index contributed by atoms with van der Waals surface area (Å²) < 4.78 is 6.88. The van der Waals surface area contributed by atoms with Crippen LogP contribution in [0.4, 0.5) is 0 Å². The van der Waals surface area contributed by atoms with E-state index in [0.29, 0.717) is 18.1 Å². The van der Waals surface area contributed by atoms with E-state index in [1.165, 1.54) is 0 Å². The highest BCUT2D eigenvalue weighted by atomic mass is 16.5. The Morgan fingerprint density at radius 1 is 1.57 bits per heavy atom. The summed E-state index contributed by atoms with van der Waals surface area (Å²) in [5, 5.41) is 4.14. The maximum absolute atomic E-state index is 10.8. The first-order valence-electron chi connectivity index (χ1n) is 4.42. The number of aromatic nitrogens is 2. The predicted octanol–water partition coefficient (Wildman–Crippen LogP) is 1.55. The van der Waals surface area contributed by atoms with Crippen LogP contribution < -0.4 is 4.74 Å². The van der Waals surface area contributed by atoms with Crippen molar-refractivity contribution in [3.63, 3.8) is 0 Å². The van der Waals surface area contributed by atoms with E-state index >= 15 is 0 Å². The van der Waals surface area contributed by atoms with Crippen molar-refractivity contribution in [3.8, 4) is 5.88 Å². The van der Waals surface area contributed by atoms with Gasteiger partial charge in [-0.25, -0.2) is 4.52 Å². The molecule has 0 saturated heterocycles. The highest BCUT2D eigenvalue weighted by Gasteiger charge is 2.11. The van der Waals surface area contributed by atoms with Crippen LogP contribution >= 0.6 is 0 Å². The third-order valence-corrected chi connectivity index (χ3v) is 1.94. The lowest BCUT2D eigenvalue weighted by Gasteiger charge is -1.95. The maximum atomic E-state index is 10.8. The van der Waals surface area contributed by atoms with E-state index in [0.717, 1.165) is 11.8 Å². The monoisotopic (exact) mass is 190 g/mol. The number of carbonyl (C=O) groups is 1. The summed E-state index contributed by atoms with van der Waals surface area (Å²) in [5.41, 5.74) is 1.28. The molecule has 2 aromatic rings. The van der Waals surface area contributed by atoms with Crippen molar-refractivity contribution in [1.29, 1.82) is 0 Å². The van der Waals surface area contributed by atoms with E-state index in [1.54, 1.807) is 10.7 Å². The molecular formula is C10H10N2O2. The molecule has 2 rings (SSSR count). The molecule has 0 aliphatic heterocycles. The molecule has 0 aliphatic carbocycles. The van der Waals surface area contributed by atoms with Gasteiger partial charge in [0.2, 0.25) is 5.88 Å². The molecule has 0 N–H and O–H groups in total. The van der Waals surface area contributed by atoms with Crippen LogP contribution in [0.25, 0.3) is 5.52 Å². The molecule has 2 heterocycles. The number of fused-ring (bicyclic) bond motifs is 1. The average Bonchev–Trinajstić information content (AvgIpc) is 2.55. The van der Waals surface area contributed by atoms with Gasteiger partial charge in [-0.1, -0.05) is 6.07 Å². The van der Waals surface area contributed by atoms with E-state index in [9.17, 15) is 4.79 Å². The van der Waals surface area contributed by atoms with Crippen molar-refractivity contribution in [1.82, 2.24) is 9.61 Å². The first-order chi connectivity index (χ1) is 6.86. The molecule has 0 atom stereocenters. The van der Waals surface area contributed by atoms with Gasteiger partial charge >= 0.3 is 0 Å². The minimum Gasteiger partial charge on any atom is -0.476 e. The summed E-state index contributed by atoms with van der Waals surface area (Å²) in [7, 11) is 0. The number of carbonyl (C=O) groups excluding carboxylic acids is 1. The van der Waals surface area contributed by atoms with Gasteiger partial charge in [-0.15, -0.1) is 5.10 Å². The Morgan fingerprint density at radius 3 is 3.14 bits per heavy atom. The lowest BCUT2D eigenvalue weighted by atomic mass is 10.3. The minimum absolute atomic E-state index is 0.397. The van der Waals surface area contributed by atoms with E-state index in [4.69, 9.17) is 4.74 Å². The van der Waals surface area contributed by atoms with Gasteiger partial charge in [0.15, 0.2) is 6.29 Å². The SMILES string of the molecule is CCOc1nn2ccccc2c1C=O. The molecule has 0 bridgehead atoms. The van der Waals surface area contributed by atoms with Crippen molar-refractivity contribution in [2.24, 2.45) is 0 Å². The van der Waals surface area contributed by atoms with Crippen LogP contribution in [0.2, 0.25) is 0 Å². The topological polar surface area (TPSA) is 43.6 Å². The van der Waals surface area contributed by atoms with Gasteiger partial charge < -0.3 is 4.74 Å². The molecule has 0 aromatic carbocycles. The van der Waals surface area contributed by atoms with E-state index in [2.05, 4.69) is 5.10 Å². The van der Waals surface area contributed by atoms with Gasteiger partial charge in [0.25, 0.3) is 0 Å². The van der Waals surface area contributed by atoms with Crippen LogP contribution in [0, 0.1) is 0 Å². The Bertz CT molecular complexity index is 462. The second-order valence-electron chi connectivity index (χ2n) is 2.80. The summed E-state index contributed by atoms with van der Waals surface area (Å²) in [5.74, 6) is 0.397. The summed E-state index contributed by atoms with van der Waals surface area (Å²) in [6.07, 6.45) is 2.55. The lowest BCUT2D eigenvalue weighted by Crippen LogP contribution is -1.94. The van der Waals surface area contributed by atoms with Gasteiger partial charge in [0.1, 0.15) is 5.56 Å². The normalized spacial score (nSPS) is 10.4. The second kappa shape index (κ2) is 3.49. The molecule has 4 heteroatoms. The van der Waals surface area contributed by atoms with Gasteiger partial charge in [-0.05, 0) is 19.1 Å². The van der Waals surface area contributed by atoms with E-state index in [-0.39, 0.29) is 0 Å². The van der Waals surface area contributed by atoms with Gasteiger partial charge in [0.05, 0.1) is 12.1 Å². The van der Waals surface area contributed by atoms with Crippen molar-refractivity contribution in [3.05, 3.63) is 30.0 Å². The summed E-state index contributed by atoms with van der Waals surface area (Å²) in [6, 6.07) is 5.54. The number of rotatable bonds is 3. The fourth-order valence-electron chi connectivity index (χ4n) is 1.35. The smallest absolute Gasteiger partial charge is 0.244 e. The maximum Gasteiger partial charge on any atom is 0.244 e. The quantitative estimate of drug-likeness (QED) is 0.689. The molecule has 0 aliphatic rings. The molecule has 0 amide bonds. The molecule has 0 fully saturated rings. The van der Waals surface area contributed by atoms with Crippen molar-refractivity contribution in [2.45, 2.75) is 6.92 Å². The van der Waals surface area contributed by atoms with Crippen molar-refractivity contribution < 1.29 is 9.53 Å². The van der Waals surface area contributed by atoms with Gasteiger partial charge in [-0.2, -0.15) is 0 Å². The number of hydrogen-bond acceptors (Lipinski definition) is 3. The number of hydrogen-bond donors (Lipinski definition) is 0. The third kappa shape index (κ3) is 1.25. The molecule has 4 nitrogen and oxygen atoms in total. The van der Waals surface area contributed by atoms with E-state index in [1.807, 2.05) is 25.1 Å². The molecule has 72 valence electrons. The van der Waals surface area contributed by atoms with Crippen LogP contribution in [0.3, 0.4) is 0 Å². The summed E-state index contributed by atoms with van der Waals surface area (Å²) in [4.78, 5) is 10.8. The Kier molecular flexibility index (Phi) is 2.18. The number of aldehydes is 1. The van der Waals surface area contributed by atoms with Crippen LogP contribution in [0.1, 0.15) is 17.3 Å². The summed E-state index contributed by atoms with van der Waals surface area (Å²) >= 11 is 0. The molecule has 14 heavy (non-hydrogen) atoms. The minimum atomic E-state index is 0.397. The highest BCUT2D eigenvalue weighted by Crippen LogP contribution is 2.19. The Labute approximate surface area is 81.1 Å². The molecule has 0 saturated carbocycles. The third-order valence-electron chi connectivity index (χ3n) is 1.94. The average molecular weight is 190 g/mol. The first-order valence-corrected chi connectivity index (χ1v) is 4.42. The predicted molar refractivity (Wildman–Crippen MR) is 51.7 cm³/mol. The Balaban J connectivity index is 2.65. The molecule has 2 aromatic heterocycles. The van der Waals surface area contributed by atoms with Crippen LogP contribution in [-0.4, -0.2) is 22.5 Å². The zero-order valence-corrected chi connectivity index (χ0v) is 7.80. The zero-order chi connectivity index (χ0) is 9.97. The molecule has 0 radical (unpaired) electrons. The van der Waals surface area contributed by atoms with E-state index < -0.39 is 0 Å². The summed E-state index contributed by atoms with van der Waals surface area (Å²) in [6.45, 7) is 2.36. The number of nitrogens with zero attached hydrogens (tertiary/aromatic N) is 2. The van der Waals surface area contributed by atoms with Crippen molar-refractivity contribution >= 4 is 11.8 Å². The van der Waals surface area contributed by atoms with Crippen molar-refractivity contribution in [2.75, 3.05) is 6.61 Å². The number of ether oxygens (including phenoxy) is 1. The Hall–Kier alpha value is -1.84.